The van der Waals surface area contributed by atoms with E-state index < -0.39 is 0 Å². The number of nitrogens with zero attached hydrogens (tertiary/aromatic N) is 3. The van der Waals surface area contributed by atoms with E-state index in [-0.39, 0.29) is 11.0 Å². The summed E-state index contributed by atoms with van der Waals surface area (Å²) in [4.78, 5) is 3.98. The van der Waals surface area contributed by atoms with E-state index in [1.807, 2.05) is 20.8 Å². The first-order chi connectivity index (χ1) is 5.88. The van der Waals surface area contributed by atoms with Crippen LogP contribution in [0.3, 0.4) is 0 Å². The first-order valence-electron chi connectivity index (χ1n) is 3.93. The molecule has 0 aliphatic rings. The molecule has 0 rings (SSSR count). The largest absolute Gasteiger partial charge is 0.248 e. The summed E-state index contributed by atoms with van der Waals surface area (Å²) in [5.74, 6) is 0.542. The lowest BCUT2D eigenvalue weighted by molar-refractivity contribution is 0.582. The molecule has 4 heteroatoms. The second kappa shape index (κ2) is 4.75. The van der Waals surface area contributed by atoms with E-state index in [0.717, 1.165) is 0 Å². The first kappa shape index (κ1) is 11.8. The molecule has 2 radical (unpaired) electrons. The van der Waals surface area contributed by atoms with Crippen LogP contribution in [0.15, 0.2) is 40.2 Å². The van der Waals surface area contributed by atoms with Crippen LogP contribution >= 0.6 is 0 Å². The maximum absolute atomic E-state index is 5.35. The molecule has 0 saturated heterocycles. The summed E-state index contributed by atoms with van der Waals surface area (Å²) in [5, 5.41) is 7.52. The van der Waals surface area contributed by atoms with E-state index in [1.165, 1.54) is 6.20 Å². The fraction of sp³-hybridized carbons (Fsp3) is 0.444. The Morgan fingerprint density at radius 1 is 1.38 bits per heavy atom. The summed E-state index contributed by atoms with van der Waals surface area (Å²) >= 11 is 0. The lowest BCUT2D eigenvalue weighted by Crippen LogP contribution is -2.18. The van der Waals surface area contributed by atoms with Gasteiger partial charge in [0.15, 0.2) is 5.84 Å². The molecule has 68 valence electrons. The van der Waals surface area contributed by atoms with Gasteiger partial charge in [-0.3, -0.25) is 0 Å². The third-order valence-corrected chi connectivity index (χ3v) is 1.15. The average Bonchev–Trinajstić information content (AvgIpc) is 1.95. The third kappa shape index (κ3) is 5.12. The number of amidine groups is 1. The highest BCUT2D eigenvalue weighted by molar-refractivity contribution is 6.22. The van der Waals surface area contributed by atoms with Crippen molar-refractivity contribution in [3.8, 4) is 0 Å². The van der Waals surface area contributed by atoms with Crippen molar-refractivity contribution < 1.29 is 0 Å². The molecule has 0 saturated carbocycles. The summed E-state index contributed by atoms with van der Waals surface area (Å²) in [5.41, 5.74) is 0.0300. The molecule has 0 unspecified atom stereocenters. The standard InChI is InChI=1S/C9H14BN3/c1-6-11-13-8(9(3,4)5)12-7(2)10/h6H,1-2H2,3-5H3. The minimum atomic E-state index is -0.200. The molecular weight excluding hydrogens is 161 g/mol. The van der Waals surface area contributed by atoms with Crippen molar-refractivity contribution in [1.82, 2.24) is 0 Å². The van der Waals surface area contributed by atoms with Crippen molar-refractivity contribution in [2.45, 2.75) is 20.8 Å². The number of aliphatic imine (C=N–C) groups is 1. The predicted octanol–water partition coefficient (Wildman–Crippen LogP) is 2.67. The van der Waals surface area contributed by atoms with Crippen molar-refractivity contribution >= 4 is 13.7 Å². The Balaban J connectivity index is 4.87. The Kier molecular flexibility index (Phi) is 4.31. The second-order valence-electron chi connectivity index (χ2n) is 3.57. The molecule has 0 aliphatic heterocycles. The zero-order chi connectivity index (χ0) is 10.5. The molecule has 0 fully saturated rings. The van der Waals surface area contributed by atoms with Gasteiger partial charge in [-0.25, -0.2) is 4.99 Å². The molecule has 0 aromatic heterocycles. The van der Waals surface area contributed by atoms with Crippen molar-refractivity contribution in [3.05, 3.63) is 25.0 Å². The maximum atomic E-state index is 5.35. The summed E-state index contributed by atoms with van der Waals surface area (Å²) in [7, 11) is 5.35. The quantitative estimate of drug-likeness (QED) is 0.268. The summed E-state index contributed by atoms with van der Waals surface area (Å²) in [6.07, 6.45) is 1.35. The smallest absolute Gasteiger partial charge is 0.155 e. The summed E-state index contributed by atoms with van der Waals surface area (Å²) < 4.78 is 0. The minimum absolute atomic E-state index is 0.200. The van der Waals surface area contributed by atoms with Crippen LogP contribution in [-0.4, -0.2) is 13.7 Å². The Labute approximate surface area is 80.8 Å². The molecule has 0 amide bonds. The Bertz CT molecular complexity index is 259. The van der Waals surface area contributed by atoms with Crippen molar-refractivity contribution in [1.29, 1.82) is 0 Å². The van der Waals surface area contributed by atoms with Gasteiger partial charge in [0.05, 0.1) is 0 Å². The summed E-state index contributed by atoms with van der Waals surface area (Å²) in [6.45, 7) is 12.8. The van der Waals surface area contributed by atoms with E-state index in [9.17, 15) is 0 Å². The highest BCUT2D eigenvalue weighted by Crippen LogP contribution is 2.18. The fourth-order valence-electron chi connectivity index (χ4n) is 0.572. The molecule has 0 atom stereocenters. The van der Waals surface area contributed by atoms with E-state index in [2.05, 4.69) is 28.4 Å². The second-order valence-corrected chi connectivity index (χ2v) is 3.57. The van der Waals surface area contributed by atoms with Crippen LogP contribution < -0.4 is 0 Å². The van der Waals surface area contributed by atoms with Gasteiger partial charge in [-0.2, -0.15) is 5.11 Å². The highest BCUT2D eigenvalue weighted by Gasteiger charge is 2.18. The van der Waals surface area contributed by atoms with Crippen molar-refractivity contribution in [3.63, 3.8) is 0 Å². The van der Waals surface area contributed by atoms with E-state index in [0.29, 0.717) is 5.84 Å². The monoisotopic (exact) mass is 175 g/mol. The van der Waals surface area contributed by atoms with Crippen LogP contribution in [-0.2, 0) is 0 Å². The number of rotatable bonds is 2. The lowest BCUT2D eigenvalue weighted by atomic mass is 9.94. The zero-order valence-electron chi connectivity index (χ0n) is 8.41. The molecule has 0 bridgehead atoms. The van der Waals surface area contributed by atoms with Gasteiger partial charge < -0.3 is 0 Å². The third-order valence-electron chi connectivity index (χ3n) is 1.15. The van der Waals surface area contributed by atoms with Crippen LogP contribution in [0.1, 0.15) is 20.8 Å². The van der Waals surface area contributed by atoms with E-state index >= 15 is 0 Å². The van der Waals surface area contributed by atoms with Gasteiger partial charge in [0.2, 0.25) is 0 Å². The number of hydrogen-bond acceptors (Lipinski definition) is 2. The van der Waals surface area contributed by atoms with Crippen LogP contribution in [0.25, 0.3) is 0 Å². The molecule has 0 N–H and O–H groups in total. The van der Waals surface area contributed by atoms with Gasteiger partial charge >= 0.3 is 0 Å². The summed E-state index contributed by atoms with van der Waals surface area (Å²) in [6, 6.07) is 0. The van der Waals surface area contributed by atoms with E-state index in [1.54, 1.807) is 0 Å². The molecule has 0 heterocycles. The number of hydrogen-bond donors (Lipinski definition) is 0. The molecule has 3 nitrogen and oxygen atoms in total. The average molecular weight is 175 g/mol. The molecule has 0 spiro atoms. The molecule has 0 aliphatic carbocycles. The van der Waals surface area contributed by atoms with Crippen molar-refractivity contribution in [2.24, 2.45) is 20.6 Å². The normalized spacial score (nSPS) is 13.3. The van der Waals surface area contributed by atoms with Gasteiger partial charge in [0, 0.05) is 11.6 Å². The Morgan fingerprint density at radius 2 is 1.92 bits per heavy atom. The first-order valence-corrected chi connectivity index (χ1v) is 3.93. The van der Waals surface area contributed by atoms with Gasteiger partial charge in [-0.05, 0) is 5.60 Å². The predicted molar refractivity (Wildman–Crippen MR) is 56.8 cm³/mol. The molecule has 0 aromatic rings. The molecule has 13 heavy (non-hydrogen) atoms. The van der Waals surface area contributed by atoms with Gasteiger partial charge in [0.1, 0.15) is 7.85 Å². The van der Waals surface area contributed by atoms with Gasteiger partial charge in [0.25, 0.3) is 0 Å². The Morgan fingerprint density at radius 3 is 2.23 bits per heavy atom. The topological polar surface area (TPSA) is 37.1 Å². The fourth-order valence-corrected chi connectivity index (χ4v) is 0.572. The van der Waals surface area contributed by atoms with Crippen LogP contribution in [0.5, 0.6) is 0 Å². The van der Waals surface area contributed by atoms with Crippen LogP contribution in [0.4, 0.5) is 0 Å². The molecular formula is C9H14BN3. The zero-order valence-corrected chi connectivity index (χ0v) is 8.41. The highest BCUT2D eigenvalue weighted by atomic mass is 15.1. The maximum Gasteiger partial charge on any atom is 0.155 e. The lowest BCUT2D eigenvalue weighted by Gasteiger charge is -2.16. The number of azo groups is 1. The van der Waals surface area contributed by atoms with Crippen molar-refractivity contribution in [2.75, 3.05) is 0 Å². The Hall–Kier alpha value is -1.19. The SMILES string of the molecule is [B]C(=C)N=C(N=NC=C)C(C)(C)C. The molecule has 0 aromatic carbocycles. The minimum Gasteiger partial charge on any atom is -0.248 e. The van der Waals surface area contributed by atoms with Gasteiger partial charge in [-0.15, -0.1) is 5.11 Å². The van der Waals surface area contributed by atoms with Crippen LogP contribution in [0, 0.1) is 5.41 Å². The van der Waals surface area contributed by atoms with Gasteiger partial charge in [-0.1, -0.05) is 33.9 Å². The van der Waals surface area contributed by atoms with E-state index in [4.69, 9.17) is 7.85 Å². The van der Waals surface area contributed by atoms with Crippen LogP contribution in [0.2, 0.25) is 0 Å².